The Morgan fingerprint density at radius 1 is 1.21 bits per heavy atom. The molecule has 0 radical (unpaired) electrons. The summed E-state index contributed by atoms with van der Waals surface area (Å²) in [6, 6.07) is 0. The number of nitrogens with two attached hydrogens (primary N) is 1. The molecule has 0 aromatic carbocycles. The SMILES string of the molecule is CCCCN(CCN)CCS(C)(=O)=O. The monoisotopic (exact) mass is 222 g/mol. The zero-order valence-corrected chi connectivity index (χ0v) is 10.0. The molecular weight excluding hydrogens is 200 g/mol. The van der Waals surface area contributed by atoms with Gasteiger partial charge in [0, 0.05) is 25.9 Å². The summed E-state index contributed by atoms with van der Waals surface area (Å²) in [7, 11) is -2.85. The van der Waals surface area contributed by atoms with Crippen molar-refractivity contribution in [2.45, 2.75) is 19.8 Å². The van der Waals surface area contributed by atoms with Gasteiger partial charge in [0.1, 0.15) is 9.84 Å². The van der Waals surface area contributed by atoms with Crippen molar-refractivity contribution in [1.82, 2.24) is 4.90 Å². The van der Waals surface area contributed by atoms with Crippen molar-refractivity contribution in [2.75, 3.05) is 38.2 Å². The molecule has 0 saturated carbocycles. The molecule has 0 fully saturated rings. The smallest absolute Gasteiger partial charge is 0.148 e. The van der Waals surface area contributed by atoms with Crippen LogP contribution in [0.15, 0.2) is 0 Å². The number of sulfone groups is 1. The van der Waals surface area contributed by atoms with Gasteiger partial charge in [-0.25, -0.2) is 8.42 Å². The molecule has 14 heavy (non-hydrogen) atoms. The van der Waals surface area contributed by atoms with E-state index in [0.29, 0.717) is 13.1 Å². The average molecular weight is 222 g/mol. The lowest BCUT2D eigenvalue weighted by atomic mass is 10.3. The van der Waals surface area contributed by atoms with Gasteiger partial charge in [-0.1, -0.05) is 13.3 Å². The van der Waals surface area contributed by atoms with Crippen LogP contribution in [-0.4, -0.2) is 51.5 Å². The third-order valence-electron chi connectivity index (χ3n) is 2.05. The van der Waals surface area contributed by atoms with Gasteiger partial charge in [0.05, 0.1) is 5.75 Å². The molecular formula is C9H22N2O2S. The first-order valence-corrected chi connectivity index (χ1v) is 7.15. The minimum atomic E-state index is -2.85. The normalized spacial score (nSPS) is 12.3. The van der Waals surface area contributed by atoms with Gasteiger partial charge < -0.3 is 10.6 Å². The van der Waals surface area contributed by atoms with E-state index < -0.39 is 9.84 Å². The maximum atomic E-state index is 11.0. The molecule has 86 valence electrons. The maximum absolute atomic E-state index is 11.0. The van der Waals surface area contributed by atoms with E-state index in [0.717, 1.165) is 25.9 Å². The van der Waals surface area contributed by atoms with Gasteiger partial charge in [0.25, 0.3) is 0 Å². The third kappa shape index (κ3) is 8.47. The summed E-state index contributed by atoms with van der Waals surface area (Å²) in [4.78, 5) is 2.12. The molecule has 0 spiro atoms. The fourth-order valence-corrected chi connectivity index (χ4v) is 1.78. The Bertz CT molecular complexity index is 227. The molecule has 0 aliphatic rings. The lowest BCUT2D eigenvalue weighted by molar-refractivity contribution is 0.292. The Morgan fingerprint density at radius 2 is 1.86 bits per heavy atom. The molecule has 0 heterocycles. The Balaban J connectivity index is 3.84. The van der Waals surface area contributed by atoms with Gasteiger partial charge in [-0.05, 0) is 13.0 Å². The van der Waals surface area contributed by atoms with E-state index in [-0.39, 0.29) is 5.75 Å². The first-order valence-electron chi connectivity index (χ1n) is 5.09. The van der Waals surface area contributed by atoms with Gasteiger partial charge in [-0.15, -0.1) is 0 Å². The van der Waals surface area contributed by atoms with Gasteiger partial charge in [0.2, 0.25) is 0 Å². The average Bonchev–Trinajstić information content (AvgIpc) is 2.08. The molecule has 0 aromatic rings. The Labute approximate surface area is 87.4 Å². The number of hydrogen-bond acceptors (Lipinski definition) is 4. The van der Waals surface area contributed by atoms with Crippen LogP contribution < -0.4 is 5.73 Å². The summed E-state index contributed by atoms with van der Waals surface area (Å²) in [6.07, 6.45) is 3.50. The second-order valence-electron chi connectivity index (χ2n) is 3.61. The first-order chi connectivity index (χ1) is 6.49. The summed E-state index contributed by atoms with van der Waals surface area (Å²) in [5, 5.41) is 0. The Kier molecular flexibility index (Phi) is 7.13. The molecule has 0 aliphatic heterocycles. The van der Waals surface area contributed by atoms with Gasteiger partial charge in [-0.3, -0.25) is 0 Å². The van der Waals surface area contributed by atoms with Crippen LogP contribution in [0.25, 0.3) is 0 Å². The van der Waals surface area contributed by atoms with Crippen molar-refractivity contribution in [2.24, 2.45) is 5.73 Å². The number of rotatable bonds is 8. The molecule has 0 aromatic heterocycles. The van der Waals surface area contributed by atoms with E-state index in [4.69, 9.17) is 5.73 Å². The molecule has 5 heteroatoms. The van der Waals surface area contributed by atoms with Crippen LogP contribution in [0.1, 0.15) is 19.8 Å². The van der Waals surface area contributed by atoms with E-state index in [2.05, 4.69) is 11.8 Å². The van der Waals surface area contributed by atoms with E-state index in [9.17, 15) is 8.42 Å². The molecule has 0 amide bonds. The fraction of sp³-hybridized carbons (Fsp3) is 1.00. The van der Waals surface area contributed by atoms with Crippen molar-refractivity contribution >= 4 is 9.84 Å². The summed E-state index contributed by atoms with van der Waals surface area (Å²) >= 11 is 0. The molecule has 0 unspecified atom stereocenters. The fourth-order valence-electron chi connectivity index (χ4n) is 1.19. The van der Waals surface area contributed by atoms with Gasteiger partial charge >= 0.3 is 0 Å². The second-order valence-corrected chi connectivity index (χ2v) is 5.87. The predicted molar refractivity (Wildman–Crippen MR) is 60.1 cm³/mol. The summed E-state index contributed by atoms with van der Waals surface area (Å²) in [6.45, 7) is 5.05. The topological polar surface area (TPSA) is 63.4 Å². The molecule has 2 N–H and O–H groups in total. The third-order valence-corrected chi connectivity index (χ3v) is 2.98. The lowest BCUT2D eigenvalue weighted by Gasteiger charge is -2.20. The van der Waals surface area contributed by atoms with Crippen LogP contribution in [0, 0.1) is 0 Å². The number of unbranched alkanes of at least 4 members (excludes halogenated alkanes) is 1. The quantitative estimate of drug-likeness (QED) is 0.632. The summed E-state index contributed by atoms with van der Waals surface area (Å²) in [5.74, 6) is 0.233. The van der Waals surface area contributed by atoms with Gasteiger partial charge in [-0.2, -0.15) is 0 Å². The highest BCUT2D eigenvalue weighted by molar-refractivity contribution is 7.90. The zero-order valence-electron chi connectivity index (χ0n) is 9.20. The molecule has 0 bridgehead atoms. The molecule has 0 saturated heterocycles. The maximum Gasteiger partial charge on any atom is 0.148 e. The molecule has 4 nitrogen and oxygen atoms in total. The van der Waals surface area contributed by atoms with Crippen LogP contribution >= 0.6 is 0 Å². The van der Waals surface area contributed by atoms with Crippen LogP contribution in [0.3, 0.4) is 0 Å². The largest absolute Gasteiger partial charge is 0.329 e. The van der Waals surface area contributed by atoms with Crippen LogP contribution in [0.2, 0.25) is 0 Å². The van der Waals surface area contributed by atoms with Crippen molar-refractivity contribution in [3.63, 3.8) is 0 Å². The van der Waals surface area contributed by atoms with E-state index in [1.165, 1.54) is 6.26 Å². The minimum Gasteiger partial charge on any atom is -0.329 e. The van der Waals surface area contributed by atoms with E-state index in [1.807, 2.05) is 0 Å². The highest BCUT2D eigenvalue weighted by atomic mass is 32.2. The van der Waals surface area contributed by atoms with Crippen molar-refractivity contribution < 1.29 is 8.42 Å². The molecule has 0 aliphatic carbocycles. The highest BCUT2D eigenvalue weighted by Crippen LogP contribution is 1.95. The van der Waals surface area contributed by atoms with Crippen LogP contribution in [0.4, 0.5) is 0 Å². The van der Waals surface area contributed by atoms with Crippen LogP contribution in [-0.2, 0) is 9.84 Å². The zero-order chi connectivity index (χ0) is 11.0. The van der Waals surface area contributed by atoms with E-state index in [1.54, 1.807) is 0 Å². The standard InChI is InChI=1S/C9H22N2O2S/c1-3-4-6-11(7-5-10)8-9-14(2,12)13/h3-10H2,1-2H3. The number of nitrogens with zero attached hydrogens (tertiary/aromatic N) is 1. The Hall–Kier alpha value is -0.130. The highest BCUT2D eigenvalue weighted by Gasteiger charge is 2.07. The first kappa shape index (κ1) is 13.9. The summed E-state index contributed by atoms with van der Waals surface area (Å²) < 4.78 is 21.9. The minimum absolute atomic E-state index is 0.233. The summed E-state index contributed by atoms with van der Waals surface area (Å²) in [5.41, 5.74) is 5.45. The van der Waals surface area contributed by atoms with Crippen molar-refractivity contribution in [3.8, 4) is 0 Å². The Morgan fingerprint density at radius 3 is 2.29 bits per heavy atom. The van der Waals surface area contributed by atoms with E-state index >= 15 is 0 Å². The van der Waals surface area contributed by atoms with Crippen LogP contribution in [0.5, 0.6) is 0 Å². The second kappa shape index (κ2) is 7.20. The van der Waals surface area contributed by atoms with Gasteiger partial charge in [0.15, 0.2) is 0 Å². The molecule has 0 atom stereocenters. The molecule has 0 rings (SSSR count). The predicted octanol–water partition coefficient (Wildman–Crippen LogP) is 0.0918. The van der Waals surface area contributed by atoms with Crippen molar-refractivity contribution in [3.05, 3.63) is 0 Å². The van der Waals surface area contributed by atoms with Crippen molar-refractivity contribution in [1.29, 1.82) is 0 Å². The number of hydrogen-bond donors (Lipinski definition) is 1. The lowest BCUT2D eigenvalue weighted by Crippen LogP contribution is -2.34.